The van der Waals surface area contributed by atoms with Crippen molar-refractivity contribution in [3.8, 4) is 5.69 Å². The van der Waals surface area contributed by atoms with E-state index in [1.807, 2.05) is 0 Å². The Balaban J connectivity index is 0. The van der Waals surface area contributed by atoms with Gasteiger partial charge in [0.25, 0.3) is 0 Å². The fourth-order valence-corrected chi connectivity index (χ4v) is 2.63. The van der Waals surface area contributed by atoms with E-state index in [2.05, 4.69) is 93.1 Å². The van der Waals surface area contributed by atoms with Crippen molar-refractivity contribution in [2.24, 2.45) is 0 Å². The standard InChI is InChI=1S/C17H17N.3CO.Cr/c1-3-14-9-6-7-13(2)17(14)18-12-11-15-8-4-5-10-16(15)18;3*1-2;/h4-12H,3H2,1-2H3;;;;. The molecular weight excluding hydrogens is 354 g/mol. The van der Waals surface area contributed by atoms with Gasteiger partial charge in [0.05, 0.1) is 11.2 Å². The minimum Gasteiger partial charge on any atom is 0 e. The van der Waals surface area contributed by atoms with Gasteiger partial charge in [0.1, 0.15) is 0 Å². The minimum atomic E-state index is 0. The summed E-state index contributed by atoms with van der Waals surface area (Å²) < 4.78 is 24.8. The normalized spacial score (nSPS) is 8.16. The molecule has 126 valence electrons. The van der Waals surface area contributed by atoms with Gasteiger partial charge in [-0.3, -0.25) is 0 Å². The Labute approximate surface area is 158 Å². The molecule has 0 saturated carbocycles. The van der Waals surface area contributed by atoms with Gasteiger partial charge in [-0.05, 0) is 42.0 Å². The summed E-state index contributed by atoms with van der Waals surface area (Å²) in [5, 5.41) is 1.29. The fourth-order valence-electron chi connectivity index (χ4n) is 2.63. The van der Waals surface area contributed by atoms with Gasteiger partial charge in [0.2, 0.25) is 0 Å². The number of para-hydroxylation sites is 2. The van der Waals surface area contributed by atoms with Crippen molar-refractivity contribution in [1.82, 2.24) is 4.57 Å². The molecule has 0 unspecified atom stereocenters. The predicted octanol–water partition coefficient (Wildman–Crippen LogP) is 4.39. The Morgan fingerprint density at radius 3 is 2.04 bits per heavy atom. The number of benzene rings is 2. The van der Waals surface area contributed by atoms with Crippen LogP contribution in [0.4, 0.5) is 0 Å². The Kier molecular flexibility index (Phi) is 14.1. The van der Waals surface area contributed by atoms with Crippen LogP contribution in [0.15, 0.2) is 54.7 Å². The zero-order valence-corrected chi connectivity index (χ0v) is 15.3. The van der Waals surface area contributed by atoms with Crippen molar-refractivity contribution in [3.05, 3.63) is 85.8 Å². The van der Waals surface area contributed by atoms with E-state index < -0.39 is 0 Å². The Morgan fingerprint density at radius 2 is 1.44 bits per heavy atom. The number of nitrogens with zero attached hydrogens (tertiary/aromatic N) is 1. The molecule has 0 radical (unpaired) electrons. The van der Waals surface area contributed by atoms with Crippen molar-refractivity contribution in [3.63, 3.8) is 0 Å². The fraction of sp³-hybridized carbons (Fsp3) is 0.150. The van der Waals surface area contributed by atoms with Crippen molar-refractivity contribution in [2.75, 3.05) is 0 Å². The molecule has 0 atom stereocenters. The molecule has 5 heteroatoms. The second-order valence-electron chi connectivity index (χ2n) is 4.68. The average molecular weight is 371 g/mol. The molecule has 0 bridgehead atoms. The van der Waals surface area contributed by atoms with E-state index in [0.717, 1.165) is 6.42 Å². The zero-order valence-electron chi connectivity index (χ0n) is 14.0. The largest absolute Gasteiger partial charge is 0 e. The number of fused-ring (bicyclic) bond motifs is 1. The molecule has 25 heavy (non-hydrogen) atoms. The van der Waals surface area contributed by atoms with Gasteiger partial charge in [-0.25, -0.2) is 0 Å². The molecule has 0 N–H and O–H groups in total. The van der Waals surface area contributed by atoms with E-state index in [1.165, 1.54) is 27.7 Å². The molecule has 3 aromatic rings. The van der Waals surface area contributed by atoms with Gasteiger partial charge in [-0.1, -0.05) is 43.3 Å². The summed E-state index contributed by atoms with van der Waals surface area (Å²) in [6.07, 6.45) is 3.23. The van der Waals surface area contributed by atoms with E-state index in [1.54, 1.807) is 0 Å². The molecule has 1 heterocycles. The summed E-state index contributed by atoms with van der Waals surface area (Å²) in [5.74, 6) is 0. The molecule has 0 fully saturated rings. The monoisotopic (exact) mass is 371 g/mol. The van der Waals surface area contributed by atoms with Crippen LogP contribution in [-0.4, -0.2) is 4.57 Å². The van der Waals surface area contributed by atoms with Gasteiger partial charge >= 0.3 is 33.9 Å². The van der Waals surface area contributed by atoms with Crippen LogP contribution in [-0.2, 0) is 37.7 Å². The first-order valence-corrected chi connectivity index (χ1v) is 7.07. The molecule has 4 nitrogen and oxygen atoms in total. The van der Waals surface area contributed by atoms with Crippen molar-refractivity contribution >= 4 is 10.9 Å². The van der Waals surface area contributed by atoms with E-state index in [4.69, 9.17) is 14.0 Å². The molecule has 0 spiro atoms. The summed E-state index contributed by atoms with van der Waals surface area (Å²) in [6.45, 7) is 17.9. The molecule has 0 saturated heterocycles. The molecular formula is C20H17CrNO3. The van der Waals surface area contributed by atoms with E-state index in [0.29, 0.717) is 0 Å². The first kappa shape index (κ1) is 25.0. The number of hydrogen-bond acceptors (Lipinski definition) is 0. The second kappa shape index (κ2) is 14.1. The van der Waals surface area contributed by atoms with Gasteiger partial charge in [-0.2, -0.15) is 0 Å². The number of aromatic nitrogens is 1. The van der Waals surface area contributed by atoms with Crippen LogP contribution in [0.1, 0.15) is 18.1 Å². The van der Waals surface area contributed by atoms with Crippen molar-refractivity contribution in [1.29, 1.82) is 0 Å². The van der Waals surface area contributed by atoms with E-state index in [-0.39, 0.29) is 17.4 Å². The van der Waals surface area contributed by atoms with Gasteiger partial charge < -0.3 is 4.57 Å². The maximum atomic E-state index is 7.50. The quantitative estimate of drug-likeness (QED) is 0.474. The van der Waals surface area contributed by atoms with E-state index >= 15 is 0 Å². The van der Waals surface area contributed by atoms with Gasteiger partial charge in [0.15, 0.2) is 0 Å². The van der Waals surface area contributed by atoms with Crippen molar-refractivity contribution in [2.45, 2.75) is 20.3 Å². The molecule has 0 aliphatic heterocycles. The predicted molar refractivity (Wildman–Crippen MR) is 89.2 cm³/mol. The maximum absolute atomic E-state index is 7.50. The first-order valence-electron chi connectivity index (χ1n) is 7.07. The minimum absolute atomic E-state index is 0. The third kappa shape index (κ3) is 5.94. The topological polar surface area (TPSA) is 64.6 Å². The Bertz CT molecular complexity index is 817. The zero-order chi connectivity index (χ0) is 18.5. The molecule has 0 aliphatic rings. The van der Waals surface area contributed by atoms with Crippen LogP contribution >= 0.6 is 0 Å². The Morgan fingerprint density at radius 1 is 0.840 bits per heavy atom. The first-order chi connectivity index (χ1) is 11.8. The summed E-state index contributed by atoms with van der Waals surface area (Å²) in [4.78, 5) is 0. The van der Waals surface area contributed by atoms with Crippen LogP contribution in [0.25, 0.3) is 16.6 Å². The van der Waals surface area contributed by atoms with Gasteiger partial charge in [-0.15, -0.1) is 0 Å². The van der Waals surface area contributed by atoms with Crippen LogP contribution in [0, 0.1) is 26.9 Å². The molecule has 2 aromatic carbocycles. The van der Waals surface area contributed by atoms with Gasteiger partial charge in [0, 0.05) is 23.6 Å². The van der Waals surface area contributed by atoms with Crippen LogP contribution in [0.3, 0.4) is 0 Å². The molecule has 0 amide bonds. The second-order valence-corrected chi connectivity index (χ2v) is 4.68. The molecule has 1 aromatic heterocycles. The third-order valence-corrected chi connectivity index (χ3v) is 3.54. The Hall–Kier alpha value is -2.27. The summed E-state index contributed by atoms with van der Waals surface area (Å²) in [5.41, 5.74) is 5.34. The van der Waals surface area contributed by atoms with Crippen LogP contribution < -0.4 is 0 Å². The van der Waals surface area contributed by atoms with Crippen LogP contribution in [0.2, 0.25) is 0 Å². The number of aryl methyl sites for hydroxylation is 2. The summed E-state index contributed by atoms with van der Waals surface area (Å²) >= 11 is 0. The molecule has 3 rings (SSSR count). The number of rotatable bonds is 2. The van der Waals surface area contributed by atoms with Crippen LogP contribution in [0.5, 0.6) is 0 Å². The van der Waals surface area contributed by atoms with Crippen molar-refractivity contribution < 1.29 is 31.3 Å². The number of hydrogen-bond donors (Lipinski definition) is 0. The van der Waals surface area contributed by atoms with E-state index in [9.17, 15) is 0 Å². The maximum Gasteiger partial charge on any atom is 0 e. The smallest absolute Gasteiger partial charge is 0 e. The average Bonchev–Trinajstić information content (AvgIpc) is 3.10. The summed E-state index contributed by atoms with van der Waals surface area (Å²) in [7, 11) is 0. The third-order valence-electron chi connectivity index (χ3n) is 3.54. The molecule has 0 aliphatic carbocycles. The summed E-state index contributed by atoms with van der Waals surface area (Å²) in [6, 6.07) is 17.3. The SMILES string of the molecule is CCc1cccc(C)c1-n1ccc2ccccc21.[C-]#[O+].[C-]#[O+].[C-]#[O+].[Cr].